The fourth-order valence-electron chi connectivity index (χ4n) is 6.76. The van der Waals surface area contributed by atoms with Crippen molar-refractivity contribution in [3.63, 3.8) is 0 Å². The summed E-state index contributed by atoms with van der Waals surface area (Å²) in [5, 5.41) is 0. The Kier molecular flexibility index (Phi) is 6.74. The lowest BCUT2D eigenvalue weighted by Gasteiger charge is -2.47. The first-order valence-electron chi connectivity index (χ1n) is 12.7. The Morgan fingerprint density at radius 3 is 1.89 bits per heavy atom. The van der Waals surface area contributed by atoms with Gasteiger partial charge in [-0.3, -0.25) is 0 Å². The second-order valence-electron chi connectivity index (χ2n) is 11.6. The molecule has 4 rings (SSSR count). The fourth-order valence-corrected chi connectivity index (χ4v) is 6.76. The number of likely N-dealkylation sites (N-methyl/N-ethyl adjacent to an activating group) is 1. The molecule has 2 aliphatic heterocycles. The zero-order valence-electron chi connectivity index (χ0n) is 19.2. The highest BCUT2D eigenvalue weighted by Crippen LogP contribution is 2.52. The van der Waals surface area contributed by atoms with Crippen LogP contribution in [0.5, 0.6) is 0 Å². The first-order valence-corrected chi connectivity index (χ1v) is 12.7. The number of nitrogens with zero attached hydrogens (tertiary/aromatic N) is 3. The monoisotopic (exact) mass is 389 g/mol. The molecule has 0 bridgehead atoms. The van der Waals surface area contributed by atoms with Crippen LogP contribution in [0.3, 0.4) is 0 Å². The first-order chi connectivity index (χ1) is 13.5. The van der Waals surface area contributed by atoms with E-state index in [1.54, 1.807) is 0 Å². The molecule has 2 saturated heterocycles. The zero-order chi connectivity index (χ0) is 19.6. The Morgan fingerprint density at radius 1 is 0.750 bits per heavy atom. The van der Waals surface area contributed by atoms with Crippen molar-refractivity contribution >= 4 is 0 Å². The van der Waals surface area contributed by atoms with Crippen molar-refractivity contribution in [2.24, 2.45) is 22.7 Å². The maximum Gasteiger partial charge on any atom is 0.0110 e. The Labute approximate surface area is 175 Å². The van der Waals surface area contributed by atoms with Crippen LogP contribution in [0.25, 0.3) is 0 Å². The van der Waals surface area contributed by atoms with Crippen molar-refractivity contribution in [3.05, 3.63) is 0 Å². The maximum absolute atomic E-state index is 2.85. The Morgan fingerprint density at radius 2 is 1.36 bits per heavy atom. The van der Waals surface area contributed by atoms with Crippen LogP contribution in [0.1, 0.15) is 78.6 Å². The van der Waals surface area contributed by atoms with Gasteiger partial charge in [-0.25, -0.2) is 0 Å². The predicted octanol–water partition coefficient (Wildman–Crippen LogP) is 4.72. The van der Waals surface area contributed by atoms with Crippen molar-refractivity contribution < 1.29 is 0 Å². The van der Waals surface area contributed by atoms with E-state index in [9.17, 15) is 0 Å². The largest absolute Gasteiger partial charge is 0.303 e. The maximum atomic E-state index is 2.85. The number of rotatable bonds is 7. The summed E-state index contributed by atoms with van der Waals surface area (Å²) in [6.07, 6.45) is 13.5. The van der Waals surface area contributed by atoms with Gasteiger partial charge in [-0.1, -0.05) is 20.8 Å². The Hall–Kier alpha value is -0.120. The quantitative estimate of drug-likeness (QED) is 0.623. The summed E-state index contributed by atoms with van der Waals surface area (Å²) in [6.45, 7) is 19.1. The van der Waals surface area contributed by atoms with Gasteiger partial charge in [-0.2, -0.15) is 0 Å². The molecule has 0 aromatic heterocycles. The average Bonchev–Trinajstić information content (AvgIpc) is 3.44. The van der Waals surface area contributed by atoms with E-state index >= 15 is 0 Å². The molecule has 3 heteroatoms. The van der Waals surface area contributed by atoms with Crippen LogP contribution in [-0.4, -0.2) is 73.6 Å². The van der Waals surface area contributed by atoms with Crippen molar-refractivity contribution in [2.75, 3.05) is 58.9 Å². The molecular weight excluding hydrogens is 342 g/mol. The number of hydrogen-bond acceptors (Lipinski definition) is 3. The minimum absolute atomic E-state index is 0.720. The van der Waals surface area contributed by atoms with Gasteiger partial charge in [-0.05, 0) is 100 Å². The molecule has 2 aliphatic carbocycles. The van der Waals surface area contributed by atoms with Crippen LogP contribution in [0.4, 0.5) is 0 Å². The topological polar surface area (TPSA) is 9.72 Å². The van der Waals surface area contributed by atoms with Crippen LogP contribution < -0.4 is 0 Å². The number of hydrogen-bond donors (Lipinski definition) is 0. The summed E-state index contributed by atoms with van der Waals surface area (Å²) >= 11 is 0. The molecule has 3 nitrogen and oxygen atoms in total. The molecule has 4 aliphatic rings. The summed E-state index contributed by atoms with van der Waals surface area (Å²) in [4.78, 5) is 8.22. The van der Waals surface area contributed by atoms with Gasteiger partial charge < -0.3 is 14.7 Å². The van der Waals surface area contributed by atoms with E-state index in [0.717, 1.165) is 22.7 Å². The molecule has 2 saturated carbocycles. The average molecular weight is 390 g/mol. The fraction of sp³-hybridized carbons (Fsp3) is 1.00. The van der Waals surface area contributed by atoms with Crippen LogP contribution in [0.2, 0.25) is 0 Å². The van der Waals surface area contributed by atoms with Crippen LogP contribution in [0.15, 0.2) is 0 Å². The van der Waals surface area contributed by atoms with Gasteiger partial charge in [0.15, 0.2) is 0 Å². The van der Waals surface area contributed by atoms with E-state index in [2.05, 4.69) is 35.5 Å². The van der Waals surface area contributed by atoms with E-state index < -0.39 is 0 Å². The van der Waals surface area contributed by atoms with E-state index in [4.69, 9.17) is 0 Å². The van der Waals surface area contributed by atoms with Gasteiger partial charge in [0.05, 0.1) is 0 Å². The minimum atomic E-state index is 0.720. The summed E-state index contributed by atoms with van der Waals surface area (Å²) < 4.78 is 0. The van der Waals surface area contributed by atoms with Crippen LogP contribution in [-0.2, 0) is 0 Å². The number of piperidine rings is 1. The highest BCUT2D eigenvalue weighted by atomic mass is 15.3. The third-order valence-corrected chi connectivity index (χ3v) is 8.87. The Balaban J connectivity index is 1.16. The molecule has 0 aromatic carbocycles. The molecule has 0 unspecified atom stereocenters. The van der Waals surface area contributed by atoms with Crippen LogP contribution in [0, 0.1) is 22.7 Å². The number of likely N-dealkylation sites (tertiary alicyclic amines) is 1. The molecule has 4 fully saturated rings. The molecule has 2 heterocycles. The molecule has 0 atom stereocenters. The zero-order valence-corrected chi connectivity index (χ0v) is 19.2. The highest BCUT2D eigenvalue weighted by Gasteiger charge is 2.45. The van der Waals surface area contributed by atoms with E-state index in [-0.39, 0.29) is 0 Å². The van der Waals surface area contributed by atoms with E-state index in [1.807, 2.05) is 0 Å². The van der Waals surface area contributed by atoms with Gasteiger partial charge in [0.2, 0.25) is 0 Å². The van der Waals surface area contributed by atoms with Crippen molar-refractivity contribution in [2.45, 2.75) is 78.6 Å². The van der Waals surface area contributed by atoms with E-state index in [1.165, 1.54) is 117 Å². The van der Waals surface area contributed by atoms with Crippen molar-refractivity contribution in [1.29, 1.82) is 0 Å². The normalized spacial score (nSPS) is 29.6. The third kappa shape index (κ3) is 5.32. The van der Waals surface area contributed by atoms with Gasteiger partial charge >= 0.3 is 0 Å². The second-order valence-corrected chi connectivity index (χ2v) is 11.6. The molecule has 0 N–H and O–H groups in total. The first kappa shape index (κ1) is 21.1. The van der Waals surface area contributed by atoms with Gasteiger partial charge in [0, 0.05) is 39.3 Å². The molecule has 0 amide bonds. The SMILES string of the molecule is CCN1CCN(CC2CCC3(CC2)CCN(CC2(CC(C)C)CC2)CC3)CC1. The highest BCUT2D eigenvalue weighted by molar-refractivity contribution is 4.98. The van der Waals surface area contributed by atoms with Gasteiger partial charge in [-0.15, -0.1) is 0 Å². The van der Waals surface area contributed by atoms with E-state index in [0.29, 0.717) is 0 Å². The summed E-state index contributed by atoms with van der Waals surface area (Å²) in [6, 6.07) is 0. The molecule has 162 valence electrons. The molecule has 28 heavy (non-hydrogen) atoms. The Bertz CT molecular complexity index is 472. The molecule has 0 aromatic rings. The lowest BCUT2D eigenvalue weighted by atomic mass is 9.65. The van der Waals surface area contributed by atoms with Gasteiger partial charge in [0.25, 0.3) is 0 Å². The number of piperazine rings is 1. The van der Waals surface area contributed by atoms with Crippen LogP contribution >= 0.6 is 0 Å². The summed E-state index contributed by atoms with van der Waals surface area (Å²) in [5.41, 5.74) is 1.45. The summed E-state index contributed by atoms with van der Waals surface area (Å²) in [5.74, 6) is 1.86. The lowest BCUT2D eigenvalue weighted by molar-refractivity contribution is 0.0310. The van der Waals surface area contributed by atoms with Crippen molar-refractivity contribution in [3.8, 4) is 0 Å². The van der Waals surface area contributed by atoms with Gasteiger partial charge in [0.1, 0.15) is 0 Å². The third-order valence-electron chi connectivity index (χ3n) is 8.87. The predicted molar refractivity (Wildman–Crippen MR) is 120 cm³/mol. The molecule has 0 radical (unpaired) electrons. The summed E-state index contributed by atoms with van der Waals surface area (Å²) in [7, 11) is 0. The minimum Gasteiger partial charge on any atom is -0.303 e. The van der Waals surface area contributed by atoms with Crippen molar-refractivity contribution in [1.82, 2.24) is 14.7 Å². The molecular formula is C25H47N3. The smallest absolute Gasteiger partial charge is 0.0110 e. The second kappa shape index (κ2) is 8.94. The lowest BCUT2D eigenvalue weighted by Crippen LogP contribution is -2.48. The standard InChI is InChI=1S/C25H47N3/c1-4-26-15-17-27(18-16-26)20-23-5-7-24(8-6-23)11-13-28(14-12-24)21-25(9-10-25)19-22(2)3/h22-23H,4-21H2,1-3H3. The molecule has 1 spiro atoms.